The van der Waals surface area contributed by atoms with Crippen molar-refractivity contribution in [2.45, 2.75) is 20.4 Å². The lowest BCUT2D eigenvalue weighted by molar-refractivity contribution is 0.422. The lowest BCUT2D eigenvalue weighted by atomic mass is 10.2. The second kappa shape index (κ2) is 3.35. The molecule has 0 bridgehead atoms. The average molecular weight is 167 g/mol. The number of hydrogen-bond acceptors (Lipinski definition) is 2. The molecule has 0 unspecified atom stereocenters. The number of halogens is 1. The molecule has 0 fully saturated rings. The molecular weight excluding hydrogens is 157 g/mol. The Bertz CT molecular complexity index is 322. The number of rotatable bonds is 2. The molecule has 0 spiro atoms. The summed E-state index contributed by atoms with van der Waals surface area (Å²) in [5.74, 6) is 0. The zero-order valence-corrected chi connectivity index (χ0v) is 7.13. The summed E-state index contributed by atoms with van der Waals surface area (Å²) >= 11 is 0. The third kappa shape index (κ3) is 1.30. The van der Waals surface area contributed by atoms with Gasteiger partial charge in [-0.2, -0.15) is 10.4 Å². The fourth-order valence-electron chi connectivity index (χ4n) is 1.16. The molecule has 0 radical (unpaired) electrons. The molecule has 3 nitrogen and oxygen atoms in total. The Hall–Kier alpha value is -1.37. The second-order valence-corrected chi connectivity index (χ2v) is 2.57. The highest BCUT2D eigenvalue weighted by Crippen LogP contribution is 2.10. The van der Waals surface area contributed by atoms with E-state index in [4.69, 9.17) is 5.26 Å². The smallest absolute Gasteiger partial charge is 0.109 e. The molecule has 0 aliphatic carbocycles. The largest absolute Gasteiger partial charge is 0.266 e. The van der Waals surface area contributed by atoms with Gasteiger partial charge in [-0.05, 0) is 13.8 Å². The van der Waals surface area contributed by atoms with Crippen LogP contribution in [0.4, 0.5) is 4.39 Å². The van der Waals surface area contributed by atoms with Gasteiger partial charge < -0.3 is 0 Å². The molecule has 0 aliphatic rings. The normalized spacial score (nSPS) is 9.83. The molecular formula is C8H10FN3. The minimum Gasteiger partial charge on any atom is -0.266 e. The number of alkyl halides is 1. The van der Waals surface area contributed by atoms with Gasteiger partial charge >= 0.3 is 0 Å². The summed E-state index contributed by atoms with van der Waals surface area (Å²) in [5, 5.41) is 12.7. The van der Waals surface area contributed by atoms with Crippen molar-refractivity contribution in [2.75, 3.05) is 6.67 Å². The molecule has 4 heteroatoms. The summed E-state index contributed by atoms with van der Waals surface area (Å²) in [7, 11) is 0. The van der Waals surface area contributed by atoms with E-state index in [0.29, 0.717) is 11.3 Å². The van der Waals surface area contributed by atoms with E-state index in [1.807, 2.05) is 6.07 Å². The fraction of sp³-hybridized carbons (Fsp3) is 0.500. The van der Waals surface area contributed by atoms with Gasteiger partial charge in [-0.15, -0.1) is 0 Å². The number of aromatic nitrogens is 2. The highest BCUT2D eigenvalue weighted by molar-refractivity contribution is 5.36. The molecule has 12 heavy (non-hydrogen) atoms. The monoisotopic (exact) mass is 167 g/mol. The van der Waals surface area contributed by atoms with Gasteiger partial charge in [-0.25, -0.2) is 4.39 Å². The van der Waals surface area contributed by atoms with Crippen molar-refractivity contribution in [1.82, 2.24) is 9.78 Å². The van der Waals surface area contributed by atoms with Crippen molar-refractivity contribution in [3.63, 3.8) is 0 Å². The van der Waals surface area contributed by atoms with E-state index in [1.54, 1.807) is 13.8 Å². The Morgan fingerprint density at radius 2 is 2.25 bits per heavy atom. The number of nitriles is 1. The van der Waals surface area contributed by atoms with E-state index in [9.17, 15) is 4.39 Å². The van der Waals surface area contributed by atoms with Crippen LogP contribution < -0.4 is 0 Å². The van der Waals surface area contributed by atoms with Crippen LogP contribution in [-0.4, -0.2) is 16.5 Å². The third-order valence-corrected chi connectivity index (χ3v) is 1.79. The van der Waals surface area contributed by atoms with Gasteiger partial charge in [0.1, 0.15) is 12.7 Å². The first-order chi connectivity index (χ1) is 5.70. The molecule has 0 saturated heterocycles. The van der Waals surface area contributed by atoms with Gasteiger partial charge in [-0.3, -0.25) is 4.68 Å². The number of aryl methyl sites for hydroxylation is 2. The molecule has 1 aromatic heterocycles. The van der Waals surface area contributed by atoms with Crippen molar-refractivity contribution in [3.8, 4) is 6.07 Å². The predicted octanol–water partition coefficient (Wildman–Crippen LogP) is 1.34. The molecule has 0 saturated carbocycles. The van der Waals surface area contributed by atoms with Crippen LogP contribution in [0.15, 0.2) is 0 Å². The first kappa shape index (κ1) is 8.72. The molecule has 0 atom stereocenters. The Labute approximate surface area is 70.4 Å². The van der Waals surface area contributed by atoms with E-state index >= 15 is 0 Å². The number of hydrogen-bond donors (Lipinski definition) is 0. The van der Waals surface area contributed by atoms with Crippen LogP contribution in [0, 0.1) is 25.2 Å². The molecule has 0 aliphatic heterocycles. The van der Waals surface area contributed by atoms with Crippen molar-refractivity contribution >= 4 is 0 Å². The molecule has 64 valence electrons. The minimum absolute atomic E-state index is 0.231. The quantitative estimate of drug-likeness (QED) is 0.667. The van der Waals surface area contributed by atoms with Gasteiger partial charge in [0.25, 0.3) is 0 Å². The van der Waals surface area contributed by atoms with Crippen LogP contribution in [0.3, 0.4) is 0 Å². The summed E-state index contributed by atoms with van der Waals surface area (Å²) in [6.07, 6.45) is 0. The molecule has 1 rings (SSSR count). The van der Waals surface area contributed by atoms with E-state index in [2.05, 4.69) is 5.10 Å². The van der Waals surface area contributed by atoms with Crippen molar-refractivity contribution in [2.24, 2.45) is 0 Å². The zero-order valence-electron chi connectivity index (χ0n) is 7.13. The topological polar surface area (TPSA) is 41.6 Å². The molecule has 0 amide bonds. The third-order valence-electron chi connectivity index (χ3n) is 1.79. The summed E-state index contributed by atoms with van der Waals surface area (Å²) in [6.45, 7) is 3.30. The van der Waals surface area contributed by atoms with E-state index in [-0.39, 0.29) is 6.54 Å². The lowest BCUT2D eigenvalue weighted by Gasteiger charge is -1.98. The van der Waals surface area contributed by atoms with Crippen molar-refractivity contribution < 1.29 is 4.39 Å². The first-order valence-electron chi connectivity index (χ1n) is 3.70. The van der Waals surface area contributed by atoms with Gasteiger partial charge in [0.15, 0.2) is 0 Å². The van der Waals surface area contributed by atoms with Crippen LogP contribution in [0.5, 0.6) is 0 Å². The van der Waals surface area contributed by atoms with Crippen LogP contribution in [0.1, 0.15) is 17.0 Å². The van der Waals surface area contributed by atoms with Crippen molar-refractivity contribution in [3.05, 3.63) is 17.0 Å². The molecule has 0 aromatic carbocycles. The van der Waals surface area contributed by atoms with Gasteiger partial charge in [0.05, 0.1) is 23.5 Å². The number of nitrogens with zero attached hydrogens (tertiary/aromatic N) is 3. The van der Waals surface area contributed by atoms with Crippen molar-refractivity contribution in [1.29, 1.82) is 5.26 Å². The maximum Gasteiger partial charge on any atom is 0.109 e. The van der Waals surface area contributed by atoms with E-state index in [0.717, 1.165) is 5.69 Å². The lowest BCUT2D eigenvalue weighted by Crippen LogP contribution is -2.03. The average Bonchev–Trinajstić information content (AvgIpc) is 2.29. The molecule has 1 heterocycles. The standard InChI is InChI=1S/C8H10FN3/c1-6-8(5-10)7(2)12(11-6)4-3-9/h3-4H2,1-2H3. The Morgan fingerprint density at radius 1 is 1.58 bits per heavy atom. The van der Waals surface area contributed by atoms with Crippen LogP contribution >= 0.6 is 0 Å². The zero-order chi connectivity index (χ0) is 9.14. The Morgan fingerprint density at radius 3 is 2.67 bits per heavy atom. The summed E-state index contributed by atoms with van der Waals surface area (Å²) in [5.41, 5.74) is 1.97. The Kier molecular flexibility index (Phi) is 2.44. The SMILES string of the molecule is Cc1nn(CCF)c(C)c1C#N. The Balaban J connectivity index is 3.10. The minimum atomic E-state index is -0.452. The van der Waals surface area contributed by atoms with Crippen LogP contribution in [0.2, 0.25) is 0 Å². The summed E-state index contributed by atoms with van der Waals surface area (Å²) in [6, 6.07) is 2.04. The first-order valence-corrected chi connectivity index (χ1v) is 3.70. The van der Waals surface area contributed by atoms with Gasteiger partial charge in [-0.1, -0.05) is 0 Å². The summed E-state index contributed by atoms with van der Waals surface area (Å²) in [4.78, 5) is 0. The van der Waals surface area contributed by atoms with Gasteiger partial charge in [0.2, 0.25) is 0 Å². The van der Waals surface area contributed by atoms with Crippen LogP contribution in [-0.2, 0) is 6.54 Å². The van der Waals surface area contributed by atoms with Crippen LogP contribution in [0.25, 0.3) is 0 Å². The highest BCUT2D eigenvalue weighted by Gasteiger charge is 2.09. The maximum absolute atomic E-state index is 12.0. The predicted molar refractivity (Wildman–Crippen MR) is 42.4 cm³/mol. The van der Waals surface area contributed by atoms with E-state index < -0.39 is 6.67 Å². The molecule has 1 aromatic rings. The van der Waals surface area contributed by atoms with Gasteiger partial charge in [0, 0.05) is 0 Å². The summed E-state index contributed by atoms with van der Waals surface area (Å²) < 4.78 is 13.5. The highest BCUT2D eigenvalue weighted by atomic mass is 19.1. The fourth-order valence-corrected chi connectivity index (χ4v) is 1.16. The second-order valence-electron chi connectivity index (χ2n) is 2.57. The molecule has 0 N–H and O–H groups in total. The maximum atomic E-state index is 12.0. The van der Waals surface area contributed by atoms with E-state index in [1.165, 1.54) is 4.68 Å².